The first-order valence-corrected chi connectivity index (χ1v) is 6.57. The summed E-state index contributed by atoms with van der Waals surface area (Å²) < 4.78 is 40.4. The second kappa shape index (κ2) is 5.36. The van der Waals surface area contributed by atoms with E-state index in [0.717, 1.165) is 18.0 Å². The highest BCUT2D eigenvalue weighted by molar-refractivity contribution is 5.95. The SMILES string of the molecule is O=C(c1cccc(OC(F)(F)F)c1)N1CC(c2ncc[nH]2)C1. The Labute approximate surface area is 123 Å². The van der Waals surface area contributed by atoms with Gasteiger partial charge in [0, 0.05) is 31.0 Å². The molecule has 0 spiro atoms. The molecule has 1 aromatic heterocycles. The van der Waals surface area contributed by atoms with E-state index in [4.69, 9.17) is 0 Å². The predicted molar refractivity (Wildman–Crippen MR) is 70.4 cm³/mol. The maximum Gasteiger partial charge on any atom is 0.573 e. The van der Waals surface area contributed by atoms with Crippen LogP contribution in [0.25, 0.3) is 0 Å². The molecule has 3 rings (SSSR count). The van der Waals surface area contributed by atoms with E-state index >= 15 is 0 Å². The van der Waals surface area contributed by atoms with E-state index in [1.807, 2.05) is 0 Å². The van der Waals surface area contributed by atoms with Crippen molar-refractivity contribution in [2.45, 2.75) is 12.3 Å². The largest absolute Gasteiger partial charge is 0.573 e. The van der Waals surface area contributed by atoms with Crippen LogP contribution in [-0.4, -0.2) is 40.2 Å². The van der Waals surface area contributed by atoms with Crippen LogP contribution >= 0.6 is 0 Å². The van der Waals surface area contributed by atoms with Gasteiger partial charge in [0.05, 0.1) is 5.92 Å². The third-order valence-electron chi connectivity index (χ3n) is 3.39. The maximum absolute atomic E-state index is 12.2. The predicted octanol–water partition coefficient (Wildman–Crippen LogP) is 2.55. The number of aromatic nitrogens is 2. The lowest BCUT2D eigenvalue weighted by Crippen LogP contribution is -2.48. The number of halogens is 3. The number of imidazole rings is 1. The Bertz CT molecular complexity index is 664. The van der Waals surface area contributed by atoms with Crippen LogP contribution in [0.2, 0.25) is 0 Å². The number of hydrogen-bond acceptors (Lipinski definition) is 3. The number of nitrogens with zero attached hydrogens (tertiary/aromatic N) is 2. The molecular formula is C14H12F3N3O2. The Morgan fingerprint density at radius 1 is 1.36 bits per heavy atom. The molecule has 0 aliphatic carbocycles. The van der Waals surface area contributed by atoms with Crippen LogP contribution in [0.5, 0.6) is 5.75 Å². The minimum atomic E-state index is -4.77. The second-order valence-electron chi connectivity index (χ2n) is 4.96. The zero-order chi connectivity index (χ0) is 15.7. The van der Waals surface area contributed by atoms with Gasteiger partial charge in [-0.3, -0.25) is 4.79 Å². The Morgan fingerprint density at radius 2 is 2.14 bits per heavy atom. The summed E-state index contributed by atoms with van der Waals surface area (Å²) in [5.41, 5.74) is 0.166. The Kier molecular flexibility index (Phi) is 3.51. The quantitative estimate of drug-likeness (QED) is 0.947. The summed E-state index contributed by atoms with van der Waals surface area (Å²) in [5.74, 6) is 0.212. The van der Waals surface area contributed by atoms with Gasteiger partial charge in [0.15, 0.2) is 0 Å². The van der Waals surface area contributed by atoms with Gasteiger partial charge in [-0.25, -0.2) is 4.98 Å². The van der Waals surface area contributed by atoms with Crippen molar-refractivity contribution in [2.75, 3.05) is 13.1 Å². The molecule has 0 saturated carbocycles. The average molecular weight is 311 g/mol. The number of rotatable bonds is 3. The van der Waals surface area contributed by atoms with Gasteiger partial charge < -0.3 is 14.6 Å². The fraction of sp³-hybridized carbons (Fsp3) is 0.286. The van der Waals surface area contributed by atoms with Gasteiger partial charge in [0.2, 0.25) is 0 Å². The molecule has 1 amide bonds. The Hall–Kier alpha value is -2.51. The standard InChI is InChI=1S/C14H12F3N3O2/c15-14(16,17)22-11-3-1-2-9(6-11)13(21)20-7-10(8-20)12-18-4-5-19-12/h1-6,10H,7-8H2,(H,18,19). The molecule has 2 heterocycles. The smallest absolute Gasteiger partial charge is 0.406 e. The molecule has 1 N–H and O–H groups in total. The third-order valence-corrected chi connectivity index (χ3v) is 3.39. The highest BCUT2D eigenvalue weighted by atomic mass is 19.4. The van der Waals surface area contributed by atoms with Gasteiger partial charge in [-0.15, -0.1) is 13.2 Å². The second-order valence-corrected chi connectivity index (χ2v) is 4.96. The van der Waals surface area contributed by atoms with Gasteiger partial charge >= 0.3 is 6.36 Å². The number of amides is 1. The fourth-order valence-corrected chi connectivity index (χ4v) is 2.33. The van der Waals surface area contributed by atoms with Crippen molar-refractivity contribution in [2.24, 2.45) is 0 Å². The number of nitrogens with one attached hydrogen (secondary N) is 1. The number of likely N-dealkylation sites (tertiary alicyclic amines) is 1. The molecule has 1 saturated heterocycles. The number of hydrogen-bond donors (Lipinski definition) is 1. The molecule has 0 bridgehead atoms. The summed E-state index contributed by atoms with van der Waals surface area (Å²) in [6.45, 7) is 0.966. The van der Waals surface area contributed by atoms with Crippen LogP contribution in [0.15, 0.2) is 36.7 Å². The van der Waals surface area contributed by atoms with E-state index in [1.165, 1.54) is 12.1 Å². The van der Waals surface area contributed by atoms with Gasteiger partial charge in [0.1, 0.15) is 11.6 Å². The number of H-pyrrole nitrogens is 1. The van der Waals surface area contributed by atoms with Crippen molar-refractivity contribution >= 4 is 5.91 Å². The summed E-state index contributed by atoms with van der Waals surface area (Å²) in [6, 6.07) is 5.08. The lowest BCUT2D eigenvalue weighted by atomic mass is 9.98. The van der Waals surface area contributed by atoms with Crippen molar-refractivity contribution < 1.29 is 22.7 Å². The molecule has 5 nitrogen and oxygen atoms in total. The molecule has 1 aliphatic heterocycles. The number of ether oxygens (including phenoxy) is 1. The Morgan fingerprint density at radius 3 is 2.77 bits per heavy atom. The molecule has 0 unspecified atom stereocenters. The monoisotopic (exact) mass is 311 g/mol. The third kappa shape index (κ3) is 3.05. The first-order chi connectivity index (χ1) is 10.4. The first kappa shape index (κ1) is 14.4. The van der Waals surface area contributed by atoms with Gasteiger partial charge in [-0.05, 0) is 18.2 Å². The van der Waals surface area contributed by atoms with Crippen LogP contribution in [0.3, 0.4) is 0 Å². The summed E-state index contributed by atoms with van der Waals surface area (Å²) in [6.07, 6.45) is -1.43. The number of carbonyl (C=O) groups is 1. The summed E-state index contributed by atoms with van der Waals surface area (Å²) >= 11 is 0. The molecule has 2 aromatic rings. The summed E-state index contributed by atoms with van der Waals surface area (Å²) in [5, 5.41) is 0. The molecule has 0 atom stereocenters. The maximum atomic E-state index is 12.2. The van der Waals surface area contributed by atoms with Gasteiger partial charge in [-0.2, -0.15) is 0 Å². The molecule has 1 aromatic carbocycles. The van der Waals surface area contributed by atoms with E-state index in [0.29, 0.717) is 13.1 Å². The van der Waals surface area contributed by atoms with Gasteiger partial charge in [-0.1, -0.05) is 6.07 Å². The molecule has 0 radical (unpaired) electrons. The topological polar surface area (TPSA) is 58.2 Å². The average Bonchev–Trinajstić information content (AvgIpc) is 2.89. The first-order valence-electron chi connectivity index (χ1n) is 6.57. The molecule has 116 valence electrons. The van der Waals surface area contributed by atoms with Crippen molar-refractivity contribution in [3.63, 3.8) is 0 Å². The van der Waals surface area contributed by atoms with Crippen LogP contribution in [0.1, 0.15) is 22.1 Å². The molecule has 1 fully saturated rings. The highest BCUT2D eigenvalue weighted by Crippen LogP contribution is 2.28. The minimum absolute atomic E-state index is 0.133. The minimum Gasteiger partial charge on any atom is -0.406 e. The van der Waals surface area contributed by atoms with Crippen molar-refractivity contribution in [3.8, 4) is 5.75 Å². The normalized spacial score (nSPS) is 15.5. The molecular weight excluding hydrogens is 299 g/mol. The number of aromatic amines is 1. The van der Waals surface area contributed by atoms with Gasteiger partial charge in [0.25, 0.3) is 5.91 Å². The van der Waals surface area contributed by atoms with E-state index in [1.54, 1.807) is 17.3 Å². The zero-order valence-electron chi connectivity index (χ0n) is 11.3. The number of benzene rings is 1. The lowest BCUT2D eigenvalue weighted by Gasteiger charge is -2.38. The van der Waals surface area contributed by atoms with E-state index in [2.05, 4.69) is 14.7 Å². The van der Waals surface area contributed by atoms with Crippen LogP contribution in [0, 0.1) is 0 Å². The zero-order valence-corrected chi connectivity index (χ0v) is 11.3. The number of alkyl halides is 3. The fourth-order valence-electron chi connectivity index (χ4n) is 2.33. The highest BCUT2D eigenvalue weighted by Gasteiger charge is 2.34. The summed E-state index contributed by atoms with van der Waals surface area (Å²) in [4.78, 5) is 20.9. The van der Waals surface area contributed by atoms with E-state index in [9.17, 15) is 18.0 Å². The van der Waals surface area contributed by atoms with Crippen LogP contribution in [-0.2, 0) is 0 Å². The van der Waals surface area contributed by atoms with E-state index < -0.39 is 12.1 Å². The van der Waals surface area contributed by atoms with Crippen LogP contribution in [0.4, 0.5) is 13.2 Å². The van der Waals surface area contributed by atoms with Crippen molar-refractivity contribution in [1.82, 2.24) is 14.9 Å². The van der Waals surface area contributed by atoms with Crippen molar-refractivity contribution in [3.05, 3.63) is 48.0 Å². The lowest BCUT2D eigenvalue weighted by molar-refractivity contribution is -0.274. The van der Waals surface area contributed by atoms with Crippen molar-refractivity contribution in [1.29, 1.82) is 0 Å². The molecule has 8 heteroatoms. The van der Waals surface area contributed by atoms with Crippen LogP contribution < -0.4 is 4.74 Å². The molecule has 22 heavy (non-hydrogen) atoms. The van der Waals surface area contributed by atoms with E-state index in [-0.39, 0.29) is 17.4 Å². The summed E-state index contributed by atoms with van der Waals surface area (Å²) in [7, 11) is 0. The Balaban J connectivity index is 1.65. The number of carbonyl (C=O) groups excluding carboxylic acids is 1. The molecule has 1 aliphatic rings.